The summed E-state index contributed by atoms with van der Waals surface area (Å²) in [7, 11) is 0. The highest BCUT2D eigenvalue weighted by Crippen LogP contribution is 2.44. The second kappa shape index (κ2) is 9.31. The van der Waals surface area contributed by atoms with Gasteiger partial charge >= 0.3 is 0 Å². The Hall–Kier alpha value is -3.44. The van der Waals surface area contributed by atoms with Gasteiger partial charge in [0.1, 0.15) is 0 Å². The number of allylic oxidation sites excluding steroid dienone is 1. The third-order valence-electron chi connectivity index (χ3n) is 8.16. The van der Waals surface area contributed by atoms with E-state index in [-0.39, 0.29) is 11.3 Å². The number of benzene rings is 2. The third kappa shape index (κ3) is 4.37. The molecule has 5 heteroatoms. The molecular weight excluding hydrogens is 432 g/mol. The predicted octanol–water partition coefficient (Wildman–Crippen LogP) is 5.36. The molecule has 3 aromatic rings. The van der Waals surface area contributed by atoms with Gasteiger partial charge in [0.05, 0.1) is 0 Å². The molecule has 0 radical (unpaired) electrons. The van der Waals surface area contributed by atoms with Crippen molar-refractivity contribution in [3.05, 3.63) is 95.8 Å². The fraction of sp³-hybridized carbons (Fsp3) is 0.333. The number of likely N-dealkylation sites (tertiary alicyclic amines) is 1. The van der Waals surface area contributed by atoms with Crippen molar-refractivity contribution in [1.29, 1.82) is 0 Å². The lowest BCUT2D eigenvalue weighted by atomic mass is 9.74. The molecule has 5 nitrogen and oxygen atoms in total. The van der Waals surface area contributed by atoms with Crippen molar-refractivity contribution < 1.29 is 4.79 Å². The second-order valence-corrected chi connectivity index (χ2v) is 10.1. The van der Waals surface area contributed by atoms with Crippen LogP contribution in [0.5, 0.6) is 0 Å². The predicted molar refractivity (Wildman–Crippen MR) is 142 cm³/mol. The van der Waals surface area contributed by atoms with E-state index in [2.05, 4.69) is 68.7 Å². The Morgan fingerprint density at radius 2 is 1.69 bits per heavy atom. The summed E-state index contributed by atoms with van der Waals surface area (Å²) in [5.74, 6) is -0.106. The average molecular weight is 465 g/mol. The summed E-state index contributed by atoms with van der Waals surface area (Å²) in [5, 5.41) is 3.02. The van der Waals surface area contributed by atoms with Crippen LogP contribution < -0.4 is 10.2 Å². The van der Waals surface area contributed by atoms with E-state index in [1.165, 1.54) is 55.6 Å². The largest absolute Gasteiger partial charge is 0.371 e. The number of hydrogen-bond acceptors (Lipinski definition) is 4. The molecule has 35 heavy (non-hydrogen) atoms. The number of fused-ring (bicyclic) bond motifs is 2. The number of nitrogens with zero attached hydrogens (tertiary/aromatic N) is 3. The molecule has 2 aliphatic heterocycles. The van der Waals surface area contributed by atoms with Gasteiger partial charge in [-0.3, -0.25) is 9.78 Å². The number of carbonyl (C=O) groups is 1. The minimum Gasteiger partial charge on any atom is -0.371 e. The van der Waals surface area contributed by atoms with Crippen molar-refractivity contribution in [3.63, 3.8) is 0 Å². The van der Waals surface area contributed by atoms with Gasteiger partial charge in [-0.25, -0.2) is 0 Å². The van der Waals surface area contributed by atoms with Crippen molar-refractivity contribution >= 4 is 23.4 Å². The lowest BCUT2D eigenvalue weighted by molar-refractivity contribution is 0.102. The SMILES string of the molecule is O=C(Nc1cccc(N2CCC(N3CCC4(C=Cc5ccccc54)CC3)CC2)c1)c1ccncc1. The van der Waals surface area contributed by atoms with Gasteiger partial charge in [0.25, 0.3) is 5.91 Å². The van der Waals surface area contributed by atoms with E-state index in [0.717, 1.165) is 18.8 Å². The van der Waals surface area contributed by atoms with Gasteiger partial charge in [-0.1, -0.05) is 42.5 Å². The van der Waals surface area contributed by atoms with Crippen LogP contribution in [0.25, 0.3) is 6.08 Å². The van der Waals surface area contributed by atoms with Crippen LogP contribution in [0.2, 0.25) is 0 Å². The van der Waals surface area contributed by atoms with Gasteiger partial charge in [-0.15, -0.1) is 0 Å². The molecule has 1 aromatic heterocycles. The first-order valence-electron chi connectivity index (χ1n) is 12.8. The monoisotopic (exact) mass is 464 g/mol. The van der Waals surface area contributed by atoms with E-state index in [0.29, 0.717) is 11.6 Å². The molecule has 0 unspecified atom stereocenters. The first-order valence-corrected chi connectivity index (χ1v) is 12.8. The number of aromatic nitrogens is 1. The fourth-order valence-corrected chi connectivity index (χ4v) is 6.14. The highest BCUT2D eigenvalue weighted by molar-refractivity contribution is 6.04. The average Bonchev–Trinajstić information content (AvgIpc) is 3.28. The molecule has 2 aromatic carbocycles. The summed E-state index contributed by atoms with van der Waals surface area (Å²) in [5.41, 5.74) is 5.83. The zero-order chi connectivity index (χ0) is 23.7. The van der Waals surface area contributed by atoms with Gasteiger partial charge in [-0.2, -0.15) is 0 Å². The topological polar surface area (TPSA) is 48.5 Å². The molecular formula is C30H32N4O. The summed E-state index contributed by atoms with van der Waals surface area (Å²) < 4.78 is 0. The maximum Gasteiger partial charge on any atom is 0.255 e. The lowest BCUT2D eigenvalue weighted by Gasteiger charge is -2.45. The Morgan fingerprint density at radius 1 is 0.914 bits per heavy atom. The highest BCUT2D eigenvalue weighted by Gasteiger charge is 2.39. The Morgan fingerprint density at radius 3 is 2.49 bits per heavy atom. The molecule has 1 spiro atoms. The zero-order valence-electron chi connectivity index (χ0n) is 20.1. The first kappa shape index (κ1) is 22.1. The van der Waals surface area contributed by atoms with Crippen molar-refractivity contribution in [1.82, 2.24) is 9.88 Å². The zero-order valence-corrected chi connectivity index (χ0v) is 20.1. The minimum atomic E-state index is -0.106. The van der Waals surface area contributed by atoms with Gasteiger partial charge in [-0.05, 0) is 80.2 Å². The van der Waals surface area contributed by atoms with Gasteiger partial charge < -0.3 is 15.1 Å². The third-order valence-corrected chi connectivity index (χ3v) is 8.16. The Bertz CT molecular complexity index is 1220. The van der Waals surface area contributed by atoms with Crippen molar-refractivity contribution in [2.24, 2.45) is 0 Å². The maximum absolute atomic E-state index is 12.5. The van der Waals surface area contributed by atoms with Gasteiger partial charge in [0, 0.05) is 53.9 Å². The maximum atomic E-state index is 12.5. The standard InChI is InChI=1S/C30H32N4O/c35-29(24-9-16-31-17-10-24)32-25-5-3-6-27(22-25)33-18-11-26(12-19-33)34-20-14-30(15-21-34)13-8-23-4-1-2-7-28(23)30/h1-10,13,16-17,22,26H,11-12,14-15,18-21H2,(H,32,35). The number of hydrogen-bond donors (Lipinski definition) is 1. The van der Waals surface area contributed by atoms with Crippen LogP contribution in [0.15, 0.2) is 79.1 Å². The molecule has 1 N–H and O–H groups in total. The van der Waals surface area contributed by atoms with Crippen molar-refractivity contribution in [2.75, 3.05) is 36.4 Å². The number of amides is 1. The van der Waals surface area contributed by atoms with Crippen LogP contribution in [0, 0.1) is 0 Å². The van der Waals surface area contributed by atoms with E-state index < -0.39 is 0 Å². The van der Waals surface area contributed by atoms with E-state index in [9.17, 15) is 4.79 Å². The molecule has 6 rings (SSSR count). The normalized spacial score (nSPS) is 19.6. The summed E-state index contributed by atoms with van der Waals surface area (Å²) in [6.07, 6.45) is 12.9. The number of nitrogens with one attached hydrogen (secondary N) is 1. The van der Waals surface area contributed by atoms with Crippen LogP contribution in [0.4, 0.5) is 11.4 Å². The molecule has 3 heterocycles. The Balaban J connectivity index is 1.04. The Labute approximate surface area is 207 Å². The van der Waals surface area contributed by atoms with Gasteiger partial charge in [0.2, 0.25) is 0 Å². The lowest BCUT2D eigenvalue weighted by Crippen LogP contribution is -2.50. The summed E-state index contributed by atoms with van der Waals surface area (Å²) in [6, 6.07) is 21.3. The molecule has 2 saturated heterocycles. The first-order chi connectivity index (χ1) is 17.2. The molecule has 2 fully saturated rings. The molecule has 1 amide bonds. The summed E-state index contributed by atoms with van der Waals surface area (Å²) in [4.78, 5) is 21.7. The molecule has 0 bridgehead atoms. The number of anilines is 2. The molecule has 3 aliphatic rings. The molecule has 0 atom stereocenters. The van der Waals surface area contributed by atoms with Gasteiger partial charge in [0.15, 0.2) is 0 Å². The quantitative estimate of drug-likeness (QED) is 0.564. The number of rotatable bonds is 4. The molecule has 178 valence electrons. The molecule has 0 saturated carbocycles. The number of carbonyl (C=O) groups excluding carboxylic acids is 1. The van der Waals surface area contributed by atoms with Crippen LogP contribution in [0.3, 0.4) is 0 Å². The van der Waals surface area contributed by atoms with E-state index >= 15 is 0 Å². The second-order valence-electron chi connectivity index (χ2n) is 10.1. The van der Waals surface area contributed by atoms with Crippen LogP contribution in [-0.2, 0) is 5.41 Å². The van der Waals surface area contributed by atoms with Crippen LogP contribution in [-0.4, -0.2) is 48.0 Å². The van der Waals surface area contributed by atoms with Crippen molar-refractivity contribution in [2.45, 2.75) is 37.1 Å². The summed E-state index contributed by atoms with van der Waals surface area (Å²) in [6.45, 7) is 4.47. The highest BCUT2D eigenvalue weighted by atomic mass is 16.1. The van der Waals surface area contributed by atoms with Crippen LogP contribution in [0.1, 0.15) is 47.2 Å². The smallest absolute Gasteiger partial charge is 0.255 e. The summed E-state index contributed by atoms with van der Waals surface area (Å²) >= 11 is 0. The van der Waals surface area contributed by atoms with Crippen LogP contribution >= 0.6 is 0 Å². The fourth-order valence-electron chi connectivity index (χ4n) is 6.14. The van der Waals surface area contributed by atoms with E-state index in [4.69, 9.17) is 0 Å². The minimum absolute atomic E-state index is 0.106. The van der Waals surface area contributed by atoms with E-state index in [1.807, 2.05) is 12.1 Å². The Kier molecular flexibility index (Phi) is 5.86. The molecule has 1 aliphatic carbocycles. The van der Waals surface area contributed by atoms with Crippen molar-refractivity contribution in [3.8, 4) is 0 Å². The number of piperidine rings is 2. The van der Waals surface area contributed by atoms with E-state index in [1.54, 1.807) is 24.5 Å². The number of pyridine rings is 1.